The molecule has 0 saturated carbocycles. The van der Waals surface area contributed by atoms with Gasteiger partial charge in [0, 0.05) is 27.5 Å². The highest BCUT2D eigenvalue weighted by Crippen LogP contribution is 2.25. The summed E-state index contributed by atoms with van der Waals surface area (Å²) in [5.74, 6) is 2.29. The maximum atomic E-state index is 5.89. The zero-order valence-corrected chi connectivity index (χ0v) is 11.2. The van der Waals surface area contributed by atoms with E-state index in [-0.39, 0.29) is 0 Å². The Kier molecular flexibility index (Phi) is 5.75. The third-order valence-electron chi connectivity index (χ3n) is 1.69. The minimum absolute atomic E-state index is 0.763. The molecule has 0 aliphatic rings. The van der Waals surface area contributed by atoms with Crippen LogP contribution >= 0.6 is 39.3 Å². The molecule has 0 spiro atoms. The molecule has 1 aromatic carbocycles. The van der Waals surface area contributed by atoms with Crippen LogP contribution in [0.25, 0.3) is 0 Å². The summed E-state index contributed by atoms with van der Waals surface area (Å²) in [6.07, 6.45) is 0. The lowest BCUT2D eigenvalue weighted by Gasteiger charge is -2.08. The van der Waals surface area contributed by atoms with Crippen LogP contribution < -0.4 is 5.32 Å². The average molecular weight is 295 g/mol. The molecule has 1 N–H and O–H groups in total. The highest BCUT2D eigenvalue weighted by Gasteiger charge is 1.99. The van der Waals surface area contributed by atoms with Gasteiger partial charge in [0.15, 0.2) is 0 Å². The Balaban J connectivity index is 2.45. The van der Waals surface area contributed by atoms with Crippen molar-refractivity contribution in [3.8, 4) is 0 Å². The van der Waals surface area contributed by atoms with Crippen LogP contribution in [0.4, 0.5) is 5.69 Å². The van der Waals surface area contributed by atoms with Crippen molar-refractivity contribution in [3.63, 3.8) is 0 Å². The molecule has 1 nitrogen and oxygen atoms in total. The van der Waals surface area contributed by atoms with Gasteiger partial charge in [0.05, 0.1) is 0 Å². The van der Waals surface area contributed by atoms with E-state index in [1.165, 1.54) is 5.75 Å². The molecule has 0 aromatic heterocycles. The highest BCUT2D eigenvalue weighted by molar-refractivity contribution is 9.10. The fraction of sp³-hybridized carbons (Fsp3) is 0.400. The van der Waals surface area contributed by atoms with Gasteiger partial charge in [-0.1, -0.05) is 18.5 Å². The van der Waals surface area contributed by atoms with Crippen LogP contribution in [0.3, 0.4) is 0 Å². The molecule has 1 aromatic rings. The van der Waals surface area contributed by atoms with Crippen molar-refractivity contribution in [2.45, 2.75) is 6.92 Å². The zero-order valence-electron chi connectivity index (χ0n) is 8.02. The Bertz CT molecular complexity index is 293. The number of benzene rings is 1. The minimum Gasteiger partial charge on any atom is -0.383 e. The SMILES string of the molecule is CCSCCNc1cc(Cl)ccc1Br. The highest BCUT2D eigenvalue weighted by atomic mass is 79.9. The molecular formula is C10H13BrClNS. The summed E-state index contributed by atoms with van der Waals surface area (Å²) in [5, 5.41) is 4.10. The Hall–Kier alpha value is 0.140. The lowest BCUT2D eigenvalue weighted by atomic mass is 10.3. The quantitative estimate of drug-likeness (QED) is 0.814. The maximum absolute atomic E-state index is 5.89. The van der Waals surface area contributed by atoms with E-state index < -0.39 is 0 Å². The van der Waals surface area contributed by atoms with Gasteiger partial charge >= 0.3 is 0 Å². The Morgan fingerprint density at radius 3 is 3.00 bits per heavy atom. The van der Waals surface area contributed by atoms with Gasteiger partial charge in [-0.3, -0.25) is 0 Å². The molecule has 0 atom stereocenters. The first kappa shape index (κ1) is 12.2. The maximum Gasteiger partial charge on any atom is 0.0499 e. The third-order valence-corrected chi connectivity index (χ3v) is 3.52. The molecule has 0 aliphatic carbocycles. The number of anilines is 1. The molecule has 14 heavy (non-hydrogen) atoms. The molecule has 0 radical (unpaired) electrons. The van der Waals surface area contributed by atoms with Crippen molar-refractivity contribution in [1.29, 1.82) is 0 Å². The average Bonchev–Trinajstić information content (AvgIpc) is 2.18. The lowest BCUT2D eigenvalue weighted by Crippen LogP contribution is -2.04. The van der Waals surface area contributed by atoms with Crippen molar-refractivity contribution < 1.29 is 0 Å². The fourth-order valence-corrected chi connectivity index (χ4v) is 2.13. The number of rotatable bonds is 5. The van der Waals surface area contributed by atoms with E-state index in [0.717, 1.165) is 27.5 Å². The summed E-state index contributed by atoms with van der Waals surface area (Å²) in [5.41, 5.74) is 1.06. The van der Waals surface area contributed by atoms with E-state index in [2.05, 4.69) is 28.2 Å². The van der Waals surface area contributed by atoms with E-state index in [0.29, 0.717) is 0 Å². The van der Waals surface area contributed by atoms with Crippen molar-refractivity contribution in [2.24, 2.45) is 0 Å². The summed E-state index contributed by atoms with van der Waals surface area (Å²) in [4.78, 5) is 0. The fourth-order valence-electron chi connectivity index (χ4n) is 1.04. The van der Waals surface area contributed by atoms with Crippen LogP contribution in [-0.2, 0) is 0 Å². The Morgan fingerprint density at radius 2 is 2.29 bits per heavy atom. The standard InChI is InChI=1S/C10H13BrClNS/c1-2-14-6-5-13-10-7-8(12)3-4-9(10)11/h3-4,7,13H,2,5-6H2,1H3. The van der Waals surface area contributed by atoms with E-state index in [4.69, 9.17) is 11.6 Å². The first-order chi connectivity index (χ1) is 6.74. The second-order valence-corrected chi connectivity index (χ2v) is 5.43. The first-order valence-corrected chi connectivity index (χ1v) is 6.83. The summed E-state index contributed by atoms with van der Waals surface area (Å²) in [6, 6.07) is 5.76. The van der Waals surface area contributed by atoms with E-state index in [1.807, 2.05) is 30.0 Å². The third kappa shape index (κ3) is 4.11. The van der Waals surface area contributed by atoms with E-state index >= 15 is 0 Å². The molecule has 4 heteroatoms. The van der Waals surface area contributed by atoms with Crippen molar-refractivity contribution in [1.82, 2.24) is 0 Å². The van der Waals surface area contributed by atoms with Gasteiger partial charge < -0.3 is 5.32 Å². The lowest BCUT2D eigenvalue weighted by molar-refractivity contribution is 1.22. The molecule has 0 unspecified atom stereocenters. The van der Waals surface area contributed by atoms with Crippen LogP contribution in [-0.4, -0.2) is 18.1 Å². The van der Waals surface area contributed by atoms with Gasteiger partial charge in [0.1, 0.15) is 0 Å². The van der Waals surface area contributed by atoms with Crippen molar-refractivity contribution >= 4 is 45.0 Å². The molecule has 0 saturated heterocycles. The van der Waals surface area contributed by atoms with E-state index in [9.17, 15) is 0 Å². The van der Waals surface area contributed by atoms with Gasteiger partial charge in [0.2, 0.25) is 0 Å². The smallest absolute Gasteiger partial charge is 0.0499 e. The molecule has 78 valence electrons. The predicted molar refractivity (Wildman–Crippen MR) is 70.6 cm³/mol. The number of hydrogen-bond acceptors (Lipinski definition) is 2. The minimum atomic E-state index is 0.763. The van der Waals surface area contributed by atoms with Gasteiger partial charge in [-0.15, -0.1) is 0 Å². The topological polar surface area (TPSA) is 12.0 Å². The summed E-state index contributed by atoms with van der Waals surface area (Å²) in [6.45, 7) is 3.14. The molecule has 0 fully saturated rings. The summed E-state index contributed by atoms with van der Waals surface area (Å²) >= 11 is 11.3. The molecule has 0 aliphatic heterocycles. The molecular weight excluding hydrogens is 282 g/mol. The normalized spacial score (nSPS) is 10.2. The second kappa shape index (κ2) is 6.59. The molecule has 1 rings (SSSR count). The second-order valence-electron chi connectivity index (χ2n) is 2.75. The largest absolute Gasteiger partial charge is 0.383 e. The van der Waals surface area contributed by atoms with Crippen molar-refractivity contribution in [2.75, 3.05) is 23.4 Å². The zero-order chi connectivity index (χ0) is 10.4. The van der Waals surface area contributed by atoms with Crippen LogP contribution in [0.1, 0.15) is 6.92 Å². The van der Waals surface area contributed by atoms with Gasteiger partial charge in [0.25, 0.3) is 0 Å². The van der Waals surface area contributed by atoms with Crippen LogP contribution in [0.5, 0.6) is 0 Å². The molecule has 0 bridgehead atoms. The van der Waals surface area contributed by atoms with Crippen LogP contribution in [0, 0.1) is 0 Å². The van der Waals surface area contributed by atoms with Crippen LogP contribution in [0.2, 0.25) is 5.02 Å². The van der Waals surface area contributed by atoms with Crippen molar-refractivity contribution in [3.05, 3.63) is 27.7 Å². The number of halogens is 2. The van der Waals surface area contributed by atoms with Gasteiger partial charge in [-0.25, -0.2) is 0 Å². The number of hydrogen-bond donors (Lipinski definition) is 1. The van der Waals surface area contributed by atoms with Crippen LogP contribution in [0.15, 0.2) is 22.7 Å². The van der Waals surface area contributed by atoms with E-state index in [1.54, 1.807) is 0 Å². The summed E-state index contributed by atoms with van der Waals surface area (Å²) < 4.78 is 1.06. The number of nitrogens with one attached hydrogen (secondary N) is 1. The van der Waals surface area contributed by atoms with Gasteiger partial charge in [-0.05, 0) is 39.9 Å². The number of thioether (sulfide) groups is 1. The first-order valence-electron chi connectivity index (χ1n) is 4.50. The summed E-state index contributed by atoms with van der Waals surface area (Å²) in [7, 11) is 0. The molecule has 0 heterocycles. The Labute approximate surface area is 103 Å². The molecule has 0 amide bonds. The van der Waals surface area contributed by atoms with Gasteiger partial charge in [-0.2, -0.15) is 11.8 Å². The monoisotopic (exact) mass is 293 g/mol. The Morgan fingerprint density at radius 1 is 1.50 bits per heavy atom. The predicted octanol–water partition coefficient (Wildman–Crippen LogP) is 4.27.